The van der Waals surface area contributed by atoms with E-state index in [1.807, 2.05) is 0 Å². The van der Waals surface area contributed by atoms with Crippen LogP contribution in [0.4, 0.5) is 0 Å². The Morgan fingerprint density at radius 3 is 2.38 bits per heavy atom. The average Bonchev–Trinajstić information content (AvgIpc) is 1.64. The van der Waals surface area contributed by atoms with Gasteiger partial charge in [0.1, 0.15) is 0 Å². The lowest BCUT2D eigenvalue weighted by molar-refractivity contribution is -0.498. The van der Waals surface area contributed by atoms with Crippen molar-refractivity contribution < 1.29 is 4.92 Å². The Morgan fingerprint density at radius 2 is 2.38 bits per heavy atom. The molecule has 0 rings (SSSR count). The van der Waals surface area contributed by atoms with E-state index in [0.717, 1.165) is 0 Å². The monoisotopic (exact) mass is 117 g/mol. The predicted octanol–water partition coefficient (Wildman–Crippen LogP) is -0.412. The minimum atomic E-state index is -1.05. The van der Waals surface area contributed by atoms with Gasteiger partial charge in [-0.25, -0.2) is 0 Å². The number of nitro groups is 1. The molecule has 1 unspecified atom stereocenters. The Bertz CT molecular complexity index is 108. The molecule has 46 valence electrons. The number of nitrogens with two attached hydrogens (primary N) is 1. The van der Waals surface area contributed by atoms with Crippen molar-refractivity contribution in [1.29, 1.82) is 5.41 Å². The number of nitrogens with zero attached hydrogens (tertiary/aromatic N) is 1. The lowest BCUT2D eigenvalue weighted by Gasteiger charge is -1.97. The summed E-state index contributed by atoms with van der Waals surface area (Å²) in [5.74, 6) is -0.407. The highest BCUT2D eigenvalue weighted by Crippen LogP contribution is 1.83. The Kier molecular flexibility index (Phi) is 1.93. The van der Waals surface area contributed by atoms with E-state index in [1.54, 1.807) is 0 Å². The molecule has 1 atom stereocenters. The molecule has 0 saturated heterocycles. The molecule has 0 spiro atoms. The van der Waals surface area contributed by atoms with Gasteiger partial charge >= 0.3 is 0 Å². The number of hydrogen-bond acceptors (Lipinski definition) is 3. The highest BCUT2D eigenvalue weighted by atomic mass is 16.6. The Labute approximate surface area is 46.1 Å². The van der Waals surface area contributed by atoms with Crippen molar-refractivity contribution in [2.45, 2.75) is 13.0 Å². The fraction of sp³-hybridized carbons (Fsp3) is 0.667. The van der Waals surface area contributed by atoms with Crippen molar-refractivity contribution in [1.82, 2.24) is 0 Å². The molecule has 0 aromatic heterocycles. The Morgan fingerprint density at radius 1 is 2.00 bits per heavy atom. The second-order valence-electron chi connectivity index (χ2n) is 1.42. The maximum absolute atomic E-state index is 9.73. The van der Waals surface area contributed by atoms with Gasteiger partial charge in [-0.15, -0.1) is 0 Å². The van der Waals surface area contributed by atoms with Gasteiger partial charge in [-0.3, -0.25) is 15.5 Å². The summed E-state index contributed by atoms with van der Waals surface area (Å²) in [7, 11) is 0. The zero-order valence-corrected chi connectivity index (χ0v) is 4.42. The van der Waals surface area contributed by atoms with Crippen molar-refractivity contribution in [3.63, 3.8) is 0 Å². The quantitative estimate of drug-likeness (QED) is 0.223. The Balaban J connectivity index is 3.83. The molecule has 3 N–H and O–H groups in total. The van der Waals surface area contributed by atoms with Gasteiger partial charge in [-0.05, 0) is 0 Å². The van der Waals surface area contributed by atoms with E-state index in [4.69, 9.17) is 11.1 Å². The fourth-order valence-electron chi connectivity index (χ4n) is 0.114. The van der Waals surface area contributed by atoms with Crippen molar-refractivity contribution >= 4 is 5.84 Å². The maximum atomic E-state index is 9.73. The zero-order valence-electron chi connectivity index (χ0n) is 4.42. The van der Waals surface area contributed by atoms with Gasteiger partial charge in [0, 0.05) is 11.8 Å². The third-order valence-corrected chi connectivity index (χ3v) is 0.766. The second-order valence-corrected chi connectivity index (χ2v) is 1.42. The molecule has 0 aliphatic rings. The van der Waals surface area contributed by atoms with Gasteiger partial charge in [0.05, 0.1) is 0 Å². The summed E-state index contributed by atoms with van der Waals surface area (Å²) in [6, 6.07) is -1.05. The van der Waals surface area contributed by atoms with Gasteiger partial charge in [0.25, 0.3) is 6.04 Å². The molecule has 0 amide bonds. The summed E-state index contributed by atoms with van der Waals surface area (Å²) < 4.78 is 0. The van der Waals surface area contributed by atoms with Crippen LogP contribution in [0.15, 0.2) is 0 Å². The maximum Gasteiger partial charge on any atom is 0.265 e. The van der Waals surface area contributed by atoms with Crippen LogP contribution in [0, 0.1) is 15.5 Å². The van der Waals surface area contributed by atoms with Crippen LogP contribution in [0.3, 0.4) is 0 Å². The molecule has 0 radical (unpaired) electrons. The van der Waals surface area contributed by atoms with Gasteiger partial charge in [-0.2, -0.15) is 0 Å². The summed E-state index contributed by atoms with van der Waals surface area (Å²) >= 11 is 0. The predicted molar refractivity (Wildman–Crippen MR) is 28.4 cm³/mol. The zero-order chi connectivity index (χ0) is 6.73. The van der Waals surface area contributed by atoms with Crippen LogP contribution >= 0.6 is 0 Å². The lowest BCUT2D eigenvalue weighted by atomic mass is 10.3. The molecular weight excluding hydrogens is 110 g/mol. The van der Waals surface area contributed by atoms with Crippen LogP contribution in [-0.4, -0.2) is 16.8 Å². The fourth-order valence-corrected chi connectivity index (χ4v) is 0.114. The molecule has 8 heavy (non-hydrogen) atoms. The number of hydrogen-bond donors (Lipinski definition) is 2. The van der Waals surface area contributed by atoms with Gasteiger partial charge < -0.3 is 5.73 Å². The summed E-state index contributed by atoms with van der Waals surface area (Å²) in [5, 5.41) is 16.3. The van der Waals surface area contributed by atoms with E-state index in [-0.39, 0.29) is 0 Å². The standard InChI is InChI=1S/C3H7N3O2/c1-2(3(4)5)6(7)8/h2H,1H3,(H3,4,5). The van der Waals surface area contributed by atoms with Crippen molar-refractivity contribution in [3.05, 3.63) is 10.1 Å². The minimum Gasteiger partial charge on any atom is -0.382 e. The first-order valence-corrected chi connectivity index (χ1v) is 2.03. The Hall–Kier alpha value is -1.13. The molecular formula is C3H7N3O2. The first-order chi connectivity index (χ1) is 3.55. The lowest BCUT2D eigenvalue weighted by Crippen LogP contribution is -2.31. The van der Waals surface area contributed by atoms with Gasteiger partial charge in [0.2, 0.25) is 0 Å². The first-order valence-electron chi connectivity index (χ1n) is 2.03. The molecule has 0 bridgehead atoms. The second kappa shape index (κ2) is 2.25. The van der Waals surface area contributed by atoms with Gasteiger partial charge in [0.15, 0.2) is 5.84 Å². The van der Waals surface area contributed by atoms with E-state index in [9.17, 15) is 10.1 Å². The molecule has 0 aromatic carbocycles. The summed E-state index contributed by atoms with van der Waals surface area (Å²) in [6.45, 7) is 1.27. The van der Waals surface area contributed by atoms with Crippen LogP contribution in [0.5, 0.6) is 0 Å². The van der Waals surface area contributed by atoms with Crippen LogP contribution in [0.2, 0.25) is 0 Å². The molecule has 0 fully saturated rings. The first kappa shape index (κ1) is 6.87. The van der Waals surface area contributed by atoms with E-state index in [1.165, 1.54) is 6.92 Å². The summed E-state index contributed by atoms with van der Waals surface area (Å²) in [4.78, 5) is 9.12. The largest absolute Gasteiger partial charge is 0.382 e. The number of amidine groups is 1. The smallest absolute Gasteiger partial charge is 0.265 e. The molecule has 0 aromatic rings. The third kappa shape index (κ3) is 1.55. The average molecular weight is 117 g/mol. The molecule has 5 heteroatoms. The van der Waals surface area contributed by atoms with Crippen LogP contribution in [-0.2, 0) is 0 Å². The minimum absolute atomic E-state index is 0.407. The normalized spacial score (nSPS) is 12.6. The molecule has 5 nitrogen and oxygen atoms in total. The molecule has 0 aliphatic heterocycles. The van der Waals surface area contributed by atoms with E-state index >= 15 is 0 Å². The van der Waals surface area contributed by atoms with Crippen molar-refractivity contribution in [2.24, 2.45) is 5.73 Å². The van der Waals surface area contributed by atoms with Crippen LogP contribution < -0.4 is 5.73 Å². The molecule has 0 saturated carbocycles. The van der Waals surface area contributed by atoms with Crippen molar-refractivity contribution in [3.8, 4) is 0 Å². The summed E-state index contributed by atoms with van der Waals surface area (Å²) in [6.07, 6.45) is 0. The molecule has 0 aliphatic carbocycles. The number of rotatable bonds is 2. The topological polar surface area (TPSA) is 93.0 Å². The van der Waals surface area contributed by atoms with Crippen LogP contribution in [0.25, 0.3) is 0 Å². The van der Waals surface area contributed by atoms with E-state index in [0.29, 0.717) is 0 Å². The third-order valence-electron chi connectivity index (χ3n) is 0.766. The van der Waals surface area contributed by atoms with E-state index in [2.05, 4.69) is 0 Å². The SMILES string of the molecule is CC(C(=N)N)[N+](=O)[O-]. The van der Waals surface area contributed by atoms with Crippen molar-refractivity contribution in [2.75, 3.05) is 0 Å². The highest BCUT2D eigenvalue weighted by molar-refractivity contribution is 5.80. The van der Waals surface area contributed by atoms with E-state index < -0.39 is 16.8 Å². The van der Waals surface area contributed by atoms with Crippen LogP contribution in [0.1, 0.15) is 6.92 Å². The molecule has 0 heterocycles. The highest BCUT2D eigenvalue weighted by Gasteiger charge is 2.14. The number of nitrogens with one attached hydrogen (secondary N) is 1. The van der Waals surface area contributed by atoms with Gasteiger partial charge in [-0.1, -0.05) is 0 Å². The summed E-state index contributed by atoms with van der Waals surface area (Å²) in [5.41, 5.74) is 4.78.